The van der Waals surface area contributed by atoms with E-state index in [0.29, 0.717) is 0 Å². The van der Waals surface area contributed by atoms with E-state index in [1.165, 1.54) is 27.6 Å². The number of benzene rings is 3. The highest BCUT2D eigenvalue weighted by molar-refractivity contribution is 6.31. The monoisotopic (exact) mass is 374 g/mol. The molecule has 0 fully saturated rings. The number of aromatic nitrogens is 1. The first kappa shape index (κ1) is 17.8. The summed E-state index contributed by atoms with van der Waals surface area (Å²) >= 11 is 6.26. The van der Waals surface area contributed by atoms with Crippen LogP contribution in [0.25, 0.3) is 10.9 Å². The van der Waals surface area contributed by atoms with Crippen molar-refractivity contribution in [1.82, 2.24) is 9.88 Å². The molecule has 1 aromatic heterocycles. The fourth-order valence-electron chi connectivity index (χ4n) is 3.46. The van der Waals surface area contributed by atoms with Crippen LogP contribution in [0, 0.1) is 6.92 Å². The first-order valence-electron chi connectivity index (χ1n) is 9.27. The molecule has 4 rings (SSSR count). The molecule has 0 aliphatic carbocycles. The van der Waals surface area contributed by atoms with E-state index >= 15 is 0 Å². The van der Waals surface area contributed by atoms with E-state index in [4.69, 9.17) is 11.6 Å². The minimum absolute atomic E-state index is 0.761. The van der Waals surface area contributed by atoms with Crippen LogP contribution in [0.15, 0.2) is 79.0 Å². The number of para-hydroxylation sites is 1. The van der Waals surface area contributed by atoms with Gasteiger partial charge in [0.25, 0.3) is 0 Å². The third-order valence-corrected chi connectivity index (χ3v) is 5.30. The van der Waals surface area contributed by atoms with Gasteiger partial charge in [-0.3, -0.25) is 0 Å². The highest BCUT2D eigenvalue weighted by Crippen LogP contribution is 2.23. The summed E-state index contributed by atoms with van der Waals surface area (Å²) in [5.74, 6) is 0. The summed E-state index contributed by atoms with van der Waals surface area (Å²) in [6.07, 6.45) is 2.27. The van der Waals surface area contributed by atoms with Crippen molar-refractivity contribution in [2.45, 2.75) is 26.6 Å². The van der Waals surface area contributed by atoms with Crippen LogP contribution in [0.3, 0.4) is 0 Å². The molecule has 0 aliphatic heterocycles. The largest absolute Gasteiger partial charge is 0.343 e. The Balaban J connectivity index is 1.54. The summed E-state index contributed by atoms with van der Waals surface area (Å²) in [4.78, 5) is 0. The van der Waals surface area contributed by atoms with Crippen LogP contribution in [0.5, 0.6) is 0 Å². The minimum atomic E-state index is 0.761. The van der Waals surface area contributed by atoms with Crippen molar-refractivity contribution >= 4 is 22.5 Å². The summed E-state index contributed by atoms with van der Waals surface area (Å²) in [6, 6.07) is 25.4. The Labute approximate surface area is 165 Å². The Morgan fingerprint density at radius 3 is 2.33 bits per heavy atom. The average Bonchev–Trinajstić information content (AvgIpc) is 3.03. The maximum absolute atomic E-state index is 6.26. The molecule has 0 spiro atoms. The van der Waals surface area contributed by atoms with Gasteiger partial charge in [-0.2, -0.15) is 0 Å². The molecule has 27 heavy (non-hydrogen) atoms. The predicted octanol–water partition coefficient (Wildman–Crippen LogP) is 5.94. The van der Waals surface area contributed by atoms with Crippen LogP contribution < -0.4 is 5.32 Å². The van der Waals surface area contributed by atoms with Gasteiger partial charge in [0.05, 0.1) is 0 Å². The van der Waals surface area contributed by atoms with Crippen LogP contribution in [-0.4, -0.2) is 4.57 Å². The van der Waals surface area contributed by atoms with Crippen molar-refractivity contribution in [1.29, 1.82) is 0 Å². The topological polar surface area (TPSA) is 17.0 Å². The number of aryl methyl sites for hydroxylation is 1. The first-order chi connectivity index (χ1) is 13.2. The minimum Gasteiger partial charge on any atom is -0.343 e. The van der Waals surface area contributed by atoms with E-state index < -0.39 is 0 Å². The predicted molar refractivity (Wildman–Crippen MR) is 114 cm³/mol. The smallest absolute Gasteiger partial charge is 0.0486 e. The van der Waals surface area contributed by atoms with E-state index in [0.717, 1.165) is 30.2 Å². The standard InChI is InChI=1S/C24H23ClN2/c1-18-10-12-19(13-11-18)16-27-17-21(22-7-3-5-9-24(22)27)15-26-14-20-6-2-4-8-23(20)25/h2-13,17,26H,14-16H2,1H3. The molecule has 0 radical (unpaired) electrons. The molecular formula is C24H23ClN2. The van der Waals surface area contributed by atoms with E-state index in [-0.39, 0.29) is 0 Å². The Hall–Kier alpha value is -2.55. The van der Waals surface area contributed by atoms with Gasteiger partial charge >= 0.3 is 0 Å². The molecule has 1 N–H and O–H groups in total. The highest BCUT2D eigenvalue weighted by atomic mass is 35.5. The first-order valence-corrected chi connectivity index (χ1v) is 9.65. The average molecular weight is 375 g/mol. The van der Waals surface area contributed by atoms with Crippen molar-refractivity contribution in [2.75, 3.05) is 0 Å². The summed E-state index contributed by atoms with van der Waals surface area (Å²) in [7, 11) is 0. The van der Waals surface area contributed by atoms with Crippen molar-refractivity contribution < 1.29 is 0 Å². The highest BCUT2D eigenvalue weighted by Gasteiger charge is 2.09. The normalized spacial score (nSPS) is 11.2. The summed E-state index contributed by atoms with van der Waals surface area (Å²) in [5, 5.41) is 5.65. The molecule has 0 unspecified atom stereocenters. The number of rotatable bonds is 6. The van der Waals surface area contributed by atoms with Gasteiger partial charge in [-0.05, 0) is 35.7 Å². The third kappa shape index (κ3) is 4.08. The maximum Gasteiger partial charge on any atom is 0.0486 e. The Morgan fingerprint density at radius 2 is 1.52 bits per heavy atom. The van der Waals surface area contributed by atoms with E-state index in [1.807, 2.05) is 18.2 Å². The van der Waals surface area contributed by atoms with Gasteiger partial charge in [-0.25, -0.2) is 0 Å². The fraction of sp³-hybridized carbons (Fsp3) is 0.167. The quantitative estimate of drug-likeness (QED) is 0.441. The second-order valence-corrected chi connectivity index (χ2v) is 7.39. The number of nitrogens with one attached hydrogen (secondary N) is 1. The maximum atomic E-state index is 6.26. The van der Waals surface area contributed by atoms with Gasteiger partial charge < -0.3 is 9.88 Å². The summed E-state index contributed by atoms with van der Waals surface area (Å²) in [6.45, 7) is 4.58. The van der Waals surface area contributed by atoms with Crippen LogP contribution in [0.2, 0.25) is 5.02 Å². The van der Waals surface area contributed by atoms with Crippen LogP contribution in [0.1, 0.15) is 22.3 Å². The van der Waals surface area contributed by atoms with E-state index in [1.54, 1.807) is 0 Å². The molecule has 0 bridgehead atoms. The third-order valence-electron chi connectivity index (χ3n) is 4.93. The Bertz CT molecular complexity index is 1050. The molecule has 3 aromatic carbocycles. The molecule has 136 valence electrons. The number of hydrogen-bond donors (Lipinski definition) is 1. The molecule has 0 saturated heterocycles. The SMILES string of the molecule is Cc1ccc(Cn2cc(CNCc3ccccc3Cl)c3ccccc32)cc1. The number of fused-ring (bicyclic) bond motifs is 1. The van der Waals surface area contributed by atoms with E-state index in [2.05, 4.69) is 77.6 Å². The van der Waals surface area contributed by atoms with Crippen molar-refractivity contribution in [2.24, 2.45) is 0 Å². The van der Waals surface area contributed by atoms with Crippen molar-refractivity contribution in [3.05, 3.63) is 106 Å². The van der Waals surface area contributed by atoms with Gasteiger partial charge in [-0.15, -0.1) is 0 Å². The Kier molecular flexibility index (Phi) is 5.28. The lowest BCUT2D eigenvalue weighted by molar-refractivity contribution is 0.692. The molecule has 1 heterocycles. The van der Waals surface area contributed by atoms with Crippen LogP contribution in [-0.2, 0) is 19.6 Å². The van der Waals surface area contributed by atoms with Gasteiger partial charge in [0.15, 0.2) is 0 Å². The molecule has 0 saturated carbocycles. The van der Waals surface area contributed by atoms with Crippen LogP contribution >= 0.6 is 11.6 Å². The molecule has 3 heteroatoms. The number of nitrogens with zero attached hydrogens (tertiary/aromatic N) is 1. The van der Waals surface area contributed by atoms with Gasteiger partial charge in [-0.1, -0.05) is 77.8 Å². The molecule has 0 amide bonds. The van der Waals surface area contributed by atoms with Gasteiger partial charge in [0.2, 0.25) is 0 Å². The Morgan fingerprint density at radius 1 is 0.815 bits per heavy atom. The second kappa shape index (κ2) is 7.99. The molecule has 2 nitrogen and oxygen atoms in total. The summed E-state index contributed by atoms with van der Waals surface area (Å²) < 4.78 is 2.34. The molecule has 4 aromatic rings. The molecular weight excluding hydrogens is 352 g/mol. The fourth-order valence-corrected chi connectivity index (χ4v) is 3.66. The second-order valence-electron chi connectivity index (χ2n) is 6.98. The van der Waals surface area contributed by atoms with Crippen molar-refractivity contribution in [3.8, 4) is 0 Å². The van der Waals surface area contributed by atoms with Crippen LogP contribution in [0.4, 0.5) is 0 Å². The van der Waals surface area contributed by atoms with Gasteiger partial charge in [0.1, 0.15) is 0 Å². The lowest BCUT2D eigenvalue weighted by Crippen LogP contribution is -2.12. The lowest BCUT2D eigenvalue weighted by Gasteiger charge is -2.06. The molecule has 0 aliphatic rings. The zero-order valence-electron chi connectivity index (χ0n) is 15.5. The van der Waals surface area contributed by atoms with Gasteiger partial charge in [0, 0.05) is 41.8 Å². The zero-order chi connectivity index (χ0) is 18.6. The van der Waals surface area contributed by atoms with Crippen molar-refractivity contribution in [3.63, 3.8) is 0 Å². The molecule has 0 atom stereocenters. The summed E-state index contributed by atoms with van der Waals surface area (Å²) in [5.41, 5.74) is 6.32. The zero-order valence-corrected chi connectivity index (χ0v) is 16.2. The lowest BCUT2D eigenvalue weighted by atomic mass is 10.1. The van der Waals surface area contributed by atoms with E-state index in [9.17, 15) is 0 Å². The number of hydrogen-bond acceptors (Lipinski definition) is 1. The number of halogens is 1.